The largest absolute Gasteiger partial charge is 0.573 e. The summed E-state index contributed by atoms with van der Waals surface area (Å²) in [6.45, 7) is 5.45. The molecule has 0 bridgehead atoms. The Hall–Kier alpha value is -1.31. The van der Waals surface area contributed by atoms with Gasteiger partial charge in [-0.05, 0) is 95.4 Å². The van der Waals surface area contributed by atoms with Crippen LogP contribution >= 0.6 is 0 Å². The van der Waals surface area contributed by atoms with Gasteiger partial charge in [-0.15, -0.1) is 13.2 Å². The zero-order valence-electron chi connectivity index (χ0n) is 19.7. The van der Waals surface area contributed by atoms with Gasteiger partial charge in [0.1, 0.15) is 5.75 Å². The molecule has 1 aromatic carbocycles. The van der Waals surface area contributed by atoms with Crippen LogP contribution in [0.2, 0.25) is 0 Å². The quantitative estimate of drug-likeness (QED) is 0.557. The van der Waals surface area contributed by atoms with Gasteiger partial charge in [-0.3, -0.25) is 0 Å². The number of nitrogens with zero attached hydrogens (tertiary/aromatic N) is 2. The molecule has 186 valence electrons. The zero-order valence-corrected chi connectivity index (χ0v) is 19.7. The van der Waals surface area contributed by atoms with E-state index in [0.29, 0.717) is 18.9 Å². The second kappa shape index (κ2) is 11.0. The molecule has 0 spiro atoms. The van der Waals surface area contributed by atoms with Crippen LogP contribution in [0.25, 0.3) is 0 Å². The zero-order chi connectivity index (χ0) is 23.3. The van der Waals surface area contributed by atoms with E-state index in [9.17, 15) is 18.3 Å². The highest BCUT2D eigenvalue weighted by Crippen LogP contribution is 2.43. The van der Waals surface area contributed by atoms with E-state index in [-0.39, 0.29) is 11.7 Å². The molecule has 0 amide bonds. The third-order valence-electron chi connectivity index (χ3n) is 8.06. The van der Waals surface area contributed by atoms with Crippen molar-refractivity contribution in [3.05, 3.63) is 29.8 Å². The van der Waals surface area contributed by atoms with Crippen LogP contribution in [-0.2, 0) is 0 Å². The Bertz CT molecular complexity index is 737. The number of halogens is 3. The summed E-state index contributed by atoms with van der Waals surface area (Å²) in [6.07, 6.45) is 6.85. The molecule has 1 aliphatic carbocycles. The summed E-state index contributed by atoms with van der Waals surface area (Å²) in [5.74, 6) is -0.388. The van der Waals surface area contributed by atoms with Crippen LogP contribution < -0.4 is 4.74 Å². The third kappa shape index (κ3) is 6.86. The predicted octanol–water partition coefficient (Wildman–Crippen LogP) is 5.70. The first-order valence-electron chi connectivity index (χ1n) is 12.9. The molecule has 4 rings (SSSR count). The summed E-state index contributed by atoms with van der Waals surface area (Å²) in [6, 6.07) is 6.97. The summed E-state index contributed by atoms with van der Waals surface area (Å²) < 4.78 is 42.5. The van der Waals surface area contributed by atoms with Crippen LogP contribution in [0, 0.1) is 0 Å². The Balaban J connectivity index is 1.40. The SMILES string of the molecule is OC1([C@H](CCN2CCC(N3CCCCC3)CC2)c2cccc(OC(F)(F)F)c2)CCCCC1. The molecule has 2 saturated heterocycles. The number of rotatable bonds is 7. The van der Waals surface area contributed by atoms with Crippen molar-refractivity contribution in [2.45, 2.75) is 94.6 Å². The maximum Gasteiger partial charge on any atom is 0.573 e. The van der Waals surface area contributed by atoms with E-state index in [2.05, 4.69) is 14.5 Å². The van der Waals surface area contributed by atoms with Gasteiger partial charge in [0.15, 0.2) is 0 Å². The molecule has 1 saturated carbocycles. The molecule has 3 fully saturated rings. The molecule has 2 aliphatic heterocycles. The number of aliphatic hydroxyl groups is 1. The van der Waals surface area contributed by atoms with Crippen LogP contribution in [0.4, 0.5) is 13.2 Å². The van der Waals surface area contributed by atoms with Gasteiger partial charge in [-0.2, -0.15) is 0 Å². The number of hydrogen-bond acceptors (Lipinski definition) is 4. The first-order valence-corrected chi connectivity index (χ1v) is 12.9. The standard InChI is InChI=1S/C26H39F3N2O2/c27-26(28,29)33-23-9-7-8-21(20-23)24(25(32)13-3-1-4-14-25)12-19-30-17-10-22(11-18-30)31-15-5-2-6-16-31/h7-9,20,22,24,32H,1-6,10-19H2/t24-/m1/s1. The van der Waals surface area contributed by atoms with E-state index in [1.807, 2.05) is 6.07 Å². The summed E-state index contributed by atoms with van der Waals surface area (Å²) in [5.41, 5.74) is -0.106. The van der Waals surface area contributed by atoms with E-state index in [1.54, 1.807) is 6.07 Å². The average molecular weight is 469 g/mol. The maximum absolute atomic E-state index is 12.8. The second-order valence-corrected chi connectivity index (χ2v) is 10.3. The highest BCUT2D eigenvalue weighted by atomic mass is 19.4. The van der Waals surface area contributed by atoms with Crippen molar-refractivity contribution < 1.29 is 23.0 Å². The van der Waals surface area contributed by atoms with E-state index in [4.69, 9.17) is 0 Å². The Kier molecular flexibility index (Phi) is 8.24. The summed E-state index contributed by atoms with van der Waals surface area (Å²) >= 11 is 0. The monoisotopic (exact) mass is 468 g/mol. The highest BCUT2D eigenvalue weighted by Gasteiger charge is 2.39. The van der Waals surface area contributed by atoms with Crippen LogP contribution in [-0.4, -0.2) is 65.6 Å². The number of alkyl halides is 3. The molecule has 0 radical (unpaired) electrons. The number of benzene rings is 1. The van der Waals surface area contributed by atoms with Crippen molar-refractivity contribution >= 4 is 0 Å². The summed E-state index contributed by atoms with van der Waals surface area (Å²) in [4.78, 5) is 5.15. The van der Waals surface area contributed by atoms with Crippen LogP contribution in [0.3, 0.4) is 0 Å². The summed E-state index contributed by atoms with van der Waals surface area (Å²) in [5, 5.41) is 11.6. The van der Waals surface area contributed by atoms with Gasteiger partial charge in [0.25, 0.3) is 0 Å². The number of ether oxygens (including phenoxy) is 1. The normalized spacial score (nSPS) is 24.5. The fraction of sp³-hybridized carbons (Fsp3) is 0.769. The average Bonchev–Trinajstić information content (AvgIpc) is 2.80. The molecular formula is C26H39F3N2O2. The lowest BCUT2D eigenvalue weighted by Crippen LogP contribution is -2.47. The molecule has 7 heteroatoms. The van der Waals surface area contributed by atoms with E-state index < -0.39 is 12.0 Å². The first-order chi connectivity index (χ1) is 15.8. The number of piperidine rings is 2. The molecule has 3 aliphatic rings. The van der Waals surface area contributed by atoms with Gasteiger partial charge >= 0.3 is 6.36 Å². The lowest BCUT2D eigenvalue weighted by atomic mass is 9.71. The van der Waals surface area contributed by atoms with Gasteiger partial charge < -0.3 is 19.6 Å². The van der Waals surface area contributed by atoms with Gasteiger partial charge in [-0.1, -0.05) is 37.8 Å². The Labute approximate surface area is 196 Å². The second-order valence-electron chi connectivity index (χ2n) is 10.3. The summed E-state index contributed by atoms with van der Waals surface area (Å²) in [7, 11) is 0. The smallest absolute Gasteiger partial charge is 0.406 e. The van der Waals surface area contributed by atoms with Gasteiger partial charge in [-0.25, -0.2) is 0 Å². The topological polar surface area (TPSA) is 35.9 Å². The minimum absolute atomic E-state index is 0.186. The molecule has 1 N–H and O–H groups in total. The molecule has 0 unspecified atom stereocenters. The lowest BCUT2D eigenvalue weighted by molar-refractivity contribution is -0.274. The first kappa shape index (κ1) is 24.8. The third-order valence-corrected chi connectivity index (χ3v) is 8.06. The van der Waals surface area contributed by atoms with Crippen LogP contribution in [0.15, 0.2) is 24.3 Å². The Morgan fingerprint density at radius 1 is 0.970 bits per heavy atom. The van der Waals surface area contributed by atoms with Gasteiger partial charge in [0, 0.05) is 12.0 Å². The number of hydrogen-bond donors (Lipinski definition) is 1. The van der Waals surface area contributed by atoms with E-state index >= 15 is 0 Å². The van der Waals surface area contributed by atoms with E-state index in [1.165, 1.54) is 57.3 Å². The van der Waals surface area contributed by atoms with Crippen molar-refractivity contribution in [2.75, 3.05) is 32.7 Å². The molecular weight excluding hydrogens is 429 g/mol. The molecule has 2 heterocycles. The van der Waals surface area contributed by atoms with Crippen molar-refractivity contribution in [1.82, 2.24) is 9.80 Å². The minimum atomic E-state index is -4.71. The highest BCUT2D eigenvalue weighted by molar-refractivity contribution is 5.33. The minimum Gasteiger partial charge on any atom is -0.406 e. The lowest BCUT2D eigenvalue weighted by Gasteiger charge is -2.42. The van der Waals surface area contributed by atoms with Crippen molar-refractivity contribution in [1.29, 1.82) is 0 Å². The van der Waals surface area contributed by atoms with Crippen molar-refractivity contribution in [3.8, 4) is 5.75 Å². The van der Waals surface area contributed by atoms with Crippen molar-refractivity contribution in [2.24, 2.45) is 0 Å². The van der Waals surface area contributed by atoms with Crippen molar-refractivity contribution in [3.63, 3.8) is 0 Å². The fourth-order valence-electron chi connectivity index (χ4n) is 6.29. The van der Waals surface area contributed by atoms with Gasteiger partial charge in [0.2, 0.25) is 0 Å². The van der Waals surface area contributed by atoms with E-state index in [0.717, 1.165) is 50.9 Å². The molecule has 33 heavy (non-hydrogen) atoms. The fourth-order valence-corrected chi connectivity index (χ4v) is 6.29. The van der Waals surface area contributed by atoms with Crippen LogP contribution in [0.5, 0.6) is 5.75 Å². The Morgan fingerprint density at radius 2 is 1.64 bits per heavy atom. The Morgan fingerprint density at radius 3 is 2.30 bits per heavy atom. The molecule has 1 aromatic rings. The number of likely N-dealkylation sites (tertiary alicyclic amines) is 2. The molecule has 1 atom stereocenters. The predicted molar refractivity (Wildman–Crippen MR) is 123 cm³/mol. The van der Waals surface area contributed by atoms with Crippen LogP contribution in [0.1, 0.15) is 82.1 Å². The van der Waals surface area contributed by atoms with Gasteiger partial charge in [0.05, 0.1) is 5.60 Å². The molecule has 4 nitrogen and oxygen atoms in total. The molecule has 0 aromatic heterocycles. The maximum atomic E-state index is 12.8.